The molecule has 0 fully saturated rings. The SMILES string of the molecule is Cc1cnn(CCNC(C)C(C)C(=O)O)c1. The second-order valence-electron chi connectivity index (χ2n) is 4.15. The van der Waals surface area contributed by atoms with Crippen LogP contribution in [0.4, 0.5) is 0 Å². The van der Waals surface area contributed by atoms with Crippen molar-refractivity contribution in [3.8, 4) is 0 Å². The average Bonchev–Trinajstić information content (AvgIpc) is 2.62. The fourth-order valence-corrected chi connectivity index (χ4v) is 1.39. The largest absolute Gasteiger partial charge is 0.481 e. The van der Waals surface area contributed by atoms with Gasteiger partial charge in [0.1, 0.15) is 0 Å². The zero-order valence-electron chi connectivity index (χ0n) is 9.97. The first-order valence-corrected chi connectivity index (χ1v) is 5.46. The van der Waals surface area contributed by atoms with Gasteiger partial charge in [-0.3, -0.25) is 9.48 Å². The number of hydrogen-bond donors (Lipinski definition) is 2. The number of hydrogen-bond acceptors (Lipinski definition) is 3. The molecule has 1 heterocycles. The van der Waals surface area contributed by atoms with Crippen LogP contribution in [0.5, 0.6) is 0 Å². The summed E-state index contributed by atoms with van der Waals surface area (Å²) in [6, 6.07) is -0.0332. The number of rotatable bonds is 6. The Balaban J connectivity index is 2.27. The quantitative estimate of drug-likeness (QED) is 0.754. The number of nitrogens with zero attached hydrogens (tertiary/aromatic N) is 2. The molecule has 2 unspecified atom stereocenters. The summed E-state index contributed by atoms with van der Waals surface area (Å²) in [7, 11) is 0. The second-order valence-corrected chi connectivity index (χ2v) is 4.15. The molecule has 1 aromatic heterocycles. The molecular weight excluding hydrogens is 206 g/mol. The smallest absolute Gasteiger partial charge is 0.307 e. The van der Waals surface area contributed by atoms with E-state index in [2.05, 4.69) is 10.4 Å². The van der Waals surface area contributed by atoms with E-state index < -0.39 is 5.97 Å². The van der Waals surface area contributed by atoms with Gasteiger partial charge in [-0.1, -0.05) is 6.92 Å². The van der Waals surface area contributed by atoms with Crippen LogP contribution in [0, 0.1) is 12.8 Å². The third kappa shape index (κ3) is 3.66. The van der Waals surface area contributed by atoms with Gasteiger partial charge in [-0.2, -0.15) is 5.10 Å². The third-order valence-electron chi connectivity index (χ3n) is 2.71. The lowest BCUT2D eigenvalue weighted by atomic mass is 10.0. The summed E-state index contributed by atoms with van der Waals surface area (Å²) in [5.41, 5.74) is 1.13. The molecule has 0 radical (unpaired) electrons. The molecule has 0 aliphatic carbocycles. The van der Waals surface area contributed by atoms with E-state index in [1.165, 1.54) is 0 Å². The van der Waals surface area contributed by atoms with Crippen molar-refractivity contribution in [3.63, 3.8) is 0 Å². The van der Waals surface area contributed by atoms with Crippen molar-refractivity contribution in [1.29, 1.82) is 0 Å². The predicted octanol–water partition coefficient (Wildman–Crippen LogP) is 0.890. The van der Waals surface area contributed by atoms with E-state index in [1.54, 1.807) is 6.92 Å². The van der Waals surface area contributed by atoms with Gasteiger partial charge in [-0.15, -0.1) is 0 Å². The summed E-state index contributed by atoms with van der Waals surface area (Å²) in [5, 5.41) is 16.1. The van der Waals surface area contributed by atoms with E-state index in [4.69, 9.17) is 5.11 Å². The molecule has 0 aliphatic rings. The number of aryl methyl sites for hydroxylation is 1. The molecule has 90 valence electrons. The average molecular weight is 225 g/mol. The van der Waals surface area contributed by atoms with Crippen molar-refractivity contribution < 1.29 is 9.90 Å². The Bertz CT molecular complexity index is 349. The second kappa shape index (κ2) is 5.65. The zero-order chi connectivity index (χ0) is 12.1. The monoisotopic (exact) mass is 225 g/mol. The first-order valence-electron chi connectivity index (χ1n) is 5.46. The number of carboxylic acids is 1. The Morgan fingerprint density at radius 1 is 1.62 bits per heavy atom. The predicted molar refractivity (Wildman–Crippen MR) is 61.2 cm³/mol. The van der Waals surface area contributed by atoms with Gasteiger partial charge in [0.25, 0.3) is 0 Å². The van der Waals surface area contributed by atoms with Crippen LogP contribution >= 0.6 is 0 Å². The Morgan fingerprint density at radius 2 is 2.31 bits per heavy atom. The van der Waals surface area contributed by atoms with Crippen molar-refractivity contribution in [3.05, 3.63) is 18.0 Å². The van der Waals surface area contributed by atoms with Crippen molar-refractivity contribution in [1.82, 2.24) is 15.1 Å². The summed E-state index contributed by atoms with van der Waals surface area (Å²) in [5.74, 6) is -1.14. The molecule has 0 saturated carbocycles. The standard InChI is InChI=1S/C11H19N3O2/c1-8-6-13-14(7-8)5-4-12-10(3)9(2)11(15)16/h6-7,9-10,12H,4-5H2,1-3H3,(H,15,16). The zero-order valence-corrected chi connectivity index (χ0v) is 9.97. The summed E-state index contributed by atoms with van der Waals surface area (Å²) >= 11 is 0. The van der Waals surface area contributed by atoms with Crippen molar-refractivity contribution in [2.75, 3.05) is 6.54 Å². The Hall–Kier alpha value is -1.36. The minimum Gasteiger partial charge on any atom is -0.481 e. The number of carboxylic acid groups (broad SMARTS) is 1. The summed E-state index contributed by atoms with van der Waals surface area (Å²) < 4.78 is 1.85. The van der Waals surface area contributed by atoms with Crippen molar-refractivity contribution in [2.45, 2.75) is 33.4 Å². The molecule has 0 aliphatic heterocycles. The minimum absolute atomic E-state index is 0.0332. The van der Waals surface area contributed by atoms with Crippen LogP contribution in [0.15, 0.2) is 12.4 Å². The van der Waals surface area contributed by atoms with Crippen LogP contribution in [0.25, 0.3) is 0 Å². The molecule has 5 nitrogen and oxygen atoms in total. The van der Waals surface area contributed by atoms with Gasteiger partial charge in [0, 0.05) is 18.8 Å². The maximum atomic E-state index is 10.7. The van der Waals surface area contributed by atoms with Crippen LogP contribution in [0.1, 0.15) is 19.4 Å². The fourth-order valence-electron chi connectivity index (χ4n) is 1.39. The molecule has 16 heavy (non-hydrogen) atoms. The lowest BCUT2D eigenvalue weighted by molar-refractivity contribution is -0.141. The highest BCUT2D eigenvalue weighted by atomic mass is 16.4. The number of nitrogens with one attached hydrogen (secondary N) is 1. The molecule has 0 bridgehead atoms. The van der Waals surface area contributed by atoms with Gasteiger partial charge in [0.2, 0.25) is 0 Å². The molecule has 1 rings (SSSR count). The van der Waals surface area contributed by atoms with E-state index in [9.17, 15) is 4.79 Å². The van der Waals surface area contributed by atoms with E-state index in [-0.39, 0.29) is 12.0 Å². The molecule has 0 aromatic carbocycles. The summed E-state index contributed by atoms with van der Waals surface area (Å²) in [6.45, 7) is 7.06. The van der Waals surface area contributed by atoms with Gasteiger partial charge in [0.05, 0.1) is 18.7 Å². The molecule has 0 amide bonds. The van der Waals surface area contributed by atoms with Gasteiger partial charge in [-0.05, 0) is 19.4 Å². The Morgan fingerprint density at radius 3 is 2.81 bits per heavy atom. The Kier molecular flexibility index (Phi) is 4.49. The van der Waals surface area contributed by atoms with Crippen LogP contribution < -0.4 is 5.32 Å². The summed E-state index contributed by atoms with van der Waals surface area (Å²) in [6.07, 6.45) is 3.77. The first kappa shape index (κ1) is 12.7. The van der Waals surface area contributed by atoms with E-state index >= 15 is 0 Å². The maximum absolute atomic E-state index is 10.7. The summed E-state index contributed by atoms with van der Waals surface area (Å²) in [4.78, 5) is 10.7. The van der Waals surface area contributed by atoms with E-state index in [0.29, 0.717) is 0 Å². The lowest BCUT2D eigenvalue weighted by Gasteiger charge is -2.17. The first-order chi connectivity index (χ1) is 7.50. The molecule has 2 atom stereocenters. The minimum atomic E-state index is -0.769. The van der Waals surface area contributed by atoms with E-state index in [1.807, 2.05) is 30.9 Å². The van der Waals surface area contributed by atoms with Gasteiger partial charge in [0.15, 0.2) is 0 Å². The van der Waals surface area contributed by atoms with E-state index in [0.717, 1.165) is 18.7 Å². The van der Waals surface area contributed by atoms with Crippen LogP contribution in [0.2, 0.25) is 0 Å². The van der Waals surface area contributed by atoms with Gasteiger partial charge < -0.3 is 10.4 Å². The van der Waals surface area contributed by atoms with Gasteiger partial charge in [-0.25, -0.2) is 0 Å². The molecule has 2 N–H and O–H groups in total. The lowest BCUT2D eigenvalue weighted by Crippen LogP contribution is -2.37. The number of aliphatic carboxylic acids is 1. The topological polar surface area (TPSA) is 67.2 Å². The Labute approximate surface area is 95.5 Å². The highest BCUT2D eigenvalue weighted by Gasteiger charge is 2.18. The van der Waals surface area contributed by atoms with Crippen LogP contribution in [-0.2, 0) is 11.3 Å². The molecular formula is C11H19N3O2. The normalized spacial score (nSPS) is 14.7. The molecule has 0 spiro atoms. The highest BCUT2D eigenvalue weighted by Crippen LogP contribution is 2.01. The van der Waals surface area contributed by atoms with Crippen molar-refractivity contribution >= 4 is 5.97 Å². The maximum Gasteiger partial charge on any atom is 0.307 e. The number of aromatic nitrogens is 2. The number of carbonyl (C=O) groups is 1. The molecule has 5 heteroatoms. The van der Waals surface area contributed by atoms with Crippen LogP contribution in [-0.4, -0.2) is 33.4 Å². The third-order valence-corrected chi connectivity index (χ3v) is 2.71. The molecule has 0 saturated heterocycles. The van der Waals surface area contributed by atoms with Crippen molar-refractivity contribution in [2.24, 2.45) is 5.92 Å². The van der Waals surface area contributed by atoms with Crippen LogP contribution in [0.3, 0.4) is 0 Å². The molecule has 1 aromatic rings. The fraction of sp³-hybridized carbons (Fsp3) is 0.636. The van der Waals surface area contributed by atoms with Gasteiger partial charge >= 0.3 is 5.97 Å². The highest BCUT2D eigenvalue weighted by molar-refractivity contribution is 5.70.